The molecule has 2 aliphatic rings. The number of piperazine rings is 1. The minimum absolute atomic E-state index is 0.0158. The lowest BCUT2D eigenvalue weighted by Crippen LogP contribution is -2.58. The van der Waals surface area contributed by atoms with Crippen LogP contribution in [0.5, 0.6) is 0 Å². The summed E-state index contributed by atoms with van der Waals surface area (Å²) in [5, 5.41) is 12.7. The van der Waals surface area contributed by atoms with Crippen molar-refractivity contribution in [3.05, 3.63) is 47.5 Å². The van der Waals surface area contributed by atoms with E-state index in [9.17, 15) is 19.2 Å². The molecule has 47 heavy (non-hydrogen) atoms. The van der Waals surface area contributed by atoms with Gasteiger partial charge in [-0.3, -0.25) is 28.8 Å². The summed E-state index contributed by atoms with van der Waals surface area (Å²) in [4.78, 5) is 57.3. The number of amides is 4. The fourth-order valence-electron chi connectivity index (χ4n) is 6.87. The quantitative estimate of drug-likeness (QED) is 0.316. The summed E-state index contributed by atoms with van der Waals surface area (Å²) in [5.74, 6) is -2.07. The van der Waals surface area contributed by atoms with Crippen LogP contribution in [0.25, 0.3) is 0 Å². The molecule has 0 bridgehead atoms. The highest BCUT2D eigenvalue weighted by Crippen LogP contribution is 2.32. The molecule has 3 N–H and O–H groups in total. The number of carbonyl (C=O) groups excluding carboxylic acids is 4. The Morgan fingerprint density at radius 2 is 1.70 bits per heavy atom. The zero-order chi connectivity index (χ0) is 34.2. The van der Waals surface area contributed by atoms with Crippen LogP contribution in [0.1, 0.15) is 95.6 Å². The van der Waals surface area contributed by atoms with E-state index in [1.54, 1.807) is 41.8 Å². The number of benzene rings is 1. The van der Waals surface area contributed by atoms with Gasteiger partial charge in [0.05, 0.1) is 5.69 Å². The number of rotatable bonds is 12. The fraction of sp³-hybridized carbons (Fsp3) is 0.629. The highest BCUT2D eigenvalue weighted by Gasteiger charge is 2.36. The summed E-state index contributed by atoms with van der Waals surface area (Å²) in [6, 6.07) is 4.56. The largest absolute Gasteiger partial charge is 0.344 e. The number of hydrogen-bond donors (Lipinski definition) is 3. The van der Waals surface area contributed by atoms with Crippen molar-refractivity contribution in [3.63, 3.8) is 0 Å². The van der Waals surface area contributed by atoms with Crippen molar-refractivity contribution < 1.29 is 23.6 Å². The van der Waals surface area contributed by atoms with Crippen molar-refractivity contribution in [2.24, 2.45) is 11.8 Å². The van der Waals surface area contributed by atoms with E-state index in [-0.39, 0.29) is 35.9 Å². The third-order valence-electron chi connectivity index (χ3n) is 10.0. The van der Waals surface area contributed by atoms with Gasteiger partial charge < -0.3 is 20.9 Å². The molecular formula is C35H52FN7O4. The van der Waals surface area contributed by atoms with E-state index in [1.165, 1.54) is 12.1 Å². The minimum Gasteiger partial charge on any atom is -0.344 e. The van der Waals surface area contributed by atoms with E-state index in [2.05, 4.69) is 46.7 Å². The van der Waals surface area contributed by atoms with Gasteiger partial charge in [-0.15, -0.1) is 0 Å². The highest BCUT2D eigenvalue weighted by atomic mass is 19.1. The van der Waals surface area contributed by atoms with E-state index in [4.69, 9.17) is 0 Å². The first-order valence-corrected chi connectivity index (χ1v) is 17.2. The van der Waals surface area contributed by atoms with E-state index >= 15 is 4.39 Å². The molecule has 11 nitrogen and oxygen atoms in total. The first kappa shape index (κ1) is 36.0. The summed E-state index contributed by atoms with van der Waals surface area (Å²) < 4.78 is 17.3. The second-order valence-electron chi connectivity index (χ2n) is 13.2. The summed E-state index contributed by atoms with van der Waals surface area (Å²) >= 11 is 0. The van der Waals surface area contributed by atoms with Crippen LogP contribution < -0.4 is 16.0 Å². The van der Waals surface area contributed by atoms with Gasteiger partial charge in [0, 0.05) is 50.8 Å². The number of nitrogens with zero attached hydrogens (tertiary/aromatic N) is 4. The molecular weight excluding hydrogens is 601 g/mol. The van der Waals surface area contributed by atoms with E-state index < -0.39 is 35.6 Å². The van der Waals surface area contributed by atoms with Gasteiger partial charge in [-0.25, -0.2) is 4.39 Å². The second kappa shape index (κ2) is 16.3. The Hall–Kier alpha value is -3.80. The minimum atomic E-state index is -0.868. The Labute approximate surface area is 278 Å². The van der Waals surface area contributed by atoms with Gasteiger partial charge in [0.15, 0.2) is 0 Å². The Morgan fingerprint density at radius 1 is 0.979 bits per heavy atom. The van der Waals surface area contributed by atoms with E-state index in [0.29, 0.717) is 36.8 Å². The second-order valence-corrected chi connectivity index (χ2v) is 13.2. The van der Waals surface area contributed by atoms with Crippen LogP contribution >= 0.6 is 0 Å². The van der Waals surface area contributed by atoms with Gasteiger partial charge in [-0.2, -0.15) is 5.10 Å². The molecule has 2 heterocycles. The van der Waals surface area contributed by atoms with E-state index in [1.807, 2.05) is 6.92 Å². The molecule has 0 radical (unpaired) electrons. The molecule has 258 valence electrons. The monoisotopic (exact) mass is 653 g/mol. The predicted molar refractivity (Wildman–Crippen MR) is 179 cm³/mol. The molecule has 0 spiro atoms. The Bertz CT molecular complexity index is 1410. The lowest BCUT2D eigenvalue weighted by atomic mass is 9.79. The topological polar surface area (TPSA) is 129 Å². The van der Waals surface area contributed by atoms with Gasteiger partial charge in [-0.05, 0) is 68.8 Å². The Balaban J connectivity index is 1.52. The number of anilines is 1. The molecule has 4 amide bonds. The molecule has 12 heteroatoms. The van der Waals surface area contributed by atoms with Crippen LogP contribution in [0.2, 0.25) is 0 Å². The highest BCUT2D eigenvalue weighted by molar-refractivity contribution is 6.00. The molecule has 1 aromatic heterocycles. The van der Waals surface area contributed by atoms with Crippen LogP contribution in [0.15, 0.2) is 30.5 Å². The van der Waals surface area contributed by atoms with Crippen LogP contribution in [-0.2, 0) is 20.9 Å². The van der Waals surface area contributed by atoms with Gasteiger partial charge in [0.1, 0.15) is 23.6 Å². The van der Waals surface area contributed by atoms with Gasteiger partial charge in [0.25, 0.3) is 5.91 Å². The summed E-state index contributed by atoms with van der Waals surface area (Å²) in [6.45, 7) is 15.0. The van der Waals surface area contributed by atoms with Gasteiger partial charge in [0.2, 0.25) is 17.7 Å². The van der Waals surface area contributed by atoms with Crippen LogP contribution in [0.3, 0.4) is 0 Å². The number of aryl methyl sites for hydroxylation is 1. The standard InChI is InChI=1S/C35H52FN7O4/c1-7-30(44)39-31(35(47)42-19-18-41(8-2)23(5)21-42)24(6)26-14-15-28(27(36)20-26)38-34(46)32(25-12-10-22(4)11-13-25)40-33(45)29-16-17-37-43(29)9-3/h14-17,20,22-25,31-32H,7-13,18-19,21H2,1-6H3,(H,38,46)(H,39,44)(H,40,45)/t22-,23-,24+,25-,31-,32+/m1/s1. The number of nitrogens with one attached hydrogen (secondary N) is 3. The molecule has 4 atom stereocenters. The van der Waals surface area contributed by atoms with Crippen molar-refractivity contribution >= 4 is 29.3 Å². The van der Waals surface area contributed by atoms with Gasteiger partial charge in [-0.1, -0.05) is 46.6 Å². The van der Waals surface area contributed by atoms with Crippen molar-refractivity contribution in [1.29, 1.82) is 0 Å². The van der Waals surface area contributed by atoms with Crippen LogP contribution in [0.4, 0.5) is 10.1 Å². The average molecular weight is 654 g/mol. The molecule has 0 unspecified atom stereocenters. The zero-order valence-electron chi connectivity index (χ0n) is 28.7. The Morgan fingerprint density at radius 3 is 2.32 bits per heavy atom. The first-order chi connectivity index (χ1) is 22.5. The average Bonchev–Trinajstić information content (AvgIpc) is 3.56. The maximum absolute atomic E-state index is 15.7. The predicted octanol–water partition coefficient (Wildman–Crippen LogP) is 4.16. The number of carbonyl (C=O) groups is 4. The molecule has 2 aromatic rings. The number of halogens is 1. The molecule has 1 aliphatic carbocycles. The molecule has 1 saturated carbocycles. The van der Waals surface area contributed by atoms with Crippen molar-refractivity contribution in [3.8, 4) is 0 Å². The zero-order valence-corrected chi connectivity index (χ0v) is 28.7. The van der Waals surface area contributed by atoms with Crippen LogP contribution in [0, 0.1) is 17.7 Å². The summed E-state index contributed by atoms with van der Waals surface area (Å²) in [6.07, 6.45) is 5.20. The molecule has 2 fully saturated rings. The lowest BCUT2D eigenvalue weighted by Gasteiger charge is -2.41. The third kappa shape index (κ3) is 8.77. The smallest absolute Gasteiger partial charge is 0.270 e. The number of aromatic nitrogens is 2. The summed E-state index contributed by atoms with van der Waals surface area (Å²) in [7, 11) is 0. The SMILES string of the molecule is CCC(=O)N[C@@H](C(=O)N1CCN(CC)[C@H](C)C1)[C@@H](C)c1ccc(NC(=O)[C@@H](NC(=O)c2ccnn2CC)[C@H]2CC[C@H](C)CC2)c(F)c1. The van der Waals surface area contributed by atoms with E-state index in [0.717, 1.165) is 38.8 Å². The summed E-state index contributed by atoms with van der Waals surface area (Å²) in [5.41, 5.74) is 0.868. The molecule has 1 aromatic carbocycles. The third-order valence-corrected chi connectivity index (χ3v) is 10.0. The van der Waals surface area contributed by atoms with Crippen molar-refractivity contribution in [2.45, 2.75) is 104 Å². The van der Waals surface area contributed by atoms with Crippen molar-refractivity contribution in [2.75, 3.05) is 31.5 Å². The molecule has 1 aliphatic heterocycles. The van der Waals surface area contributed by atoms with Crippen LogP contribution in [-0.4, -0.2) is 87.5 Å². The molecule has 4 rings (SSSR count). The maximum Gasteiger partial charge on any atom is 0.270 e. The lowest BCUT2D eigenvalue weighted by molar-refractivity contribution is -0.139. The fourth-order valence-corrected chi connectivity index (χ4v) is 6.87. The maximum atomic E-state index is 15.7. The normalized spacial score (nSPS) is 22.2. The van der Waals surface area contributed by atoms with Gasteiger partial charge >= 0.3 is 0 Å². The first-order valence-electron chi connectivity index (χ1n) is 17.2. The molecule has 1 saturated heterocycles. The van der Waals surface area contributed by atoms with Crippen molar-refractivity contribution in [1.82, 2.24) is 30.2 Å². The number of hydrogen-bond acceptors (Lipinski definition) is 6. The number of likely N-dealkylation sites (N-methyl/N-ethyl adjacent to an activating group) is 1. The Kier molecular flexibility index (Phi) is 12.5.